The molecule has 0 spiro atoms. The molecule has 0 bridgehead atoms. The van der Waals surface area contributed by atoms with E-state index in [0.29, 0.717) is 6.42 Å². The molecule has 2 fully saturated rings. The van der Waals surface area contributed by atoms with Gasteiger partial charge in [-0.3, -0.25) is 14.6 Å². The molecule has 2 saturated heterocycles. The SMILES string of the molecule is C=C(C)CN1C(=O)N[C@](CC)(C2CCN(Cc3ccc(OC)c(C)c3OC)CC2)C1=O. The second-order valence-electron chi connectivity index (χ2n) is 8.74. The number of imide groups is 1. The monoisotopic (exact) mass is 429 g/mol. The van der Waals surface area contributed by atoms with Crippen LogP contribution >= 0.6 is 0 Å². The van der Waals surface area contributed by atoms with Crippen molar-refractivity contribution in [3.05, 3.63) is 35.4 Å². The van der Waals surface area contributed by atoms with Crippen molar-refractivity contribution >= 4 is 11.9 Å². The first-order valence-corrected chi connectivity index (χ1v) is 11.0. The Hall–Kier alpha value is -2.54. The summed E-state index contributed by atoms with van der Waals surface area (Å²) in [5, 5.41) is 3.04. The molecule has 0 aromatic heterocycles. The van der Waals surface area contributed by atoms with Crippen molar-refractivity contribution in [2.75, 3.05) is 33.9 Å². The fourth-order valence-electron chi connectivity index (χ4n) is 5.05. The molecule has 1 aromatic rings. The minimum Gasteiger partial charge on any atom is -0.496 e. The summed E-state index contributed by atoms with van der Waals surface area (Å²) >= 11 is 0. The quantitative estimate of drug-likeness (QED) is 0.506. The van der Waals surface area contributed by atoms with Crippen molar-refractivity contribution in [1.82, 2.24) is 15.1 Å². The Bertz CT molecular complexity index is 861. The van der Waals surface area contributed by atoms with Gasteiger partial charge in [-0.2, -0.15) is 0 Å². The second kappa shape index (κ2) is 9.30. The lowest BCUT2D eigenvalue weighted by atomic mass is 9.75. The van der Waals surface area contributed by atoms with Crippen molar-refractivity contribution < 1.29 is 19.1 Å². The molecule has 0 unspecified atom stereocenters. The summed E-state index contributed by atoms with van der Waals surface area (Å²) in [6.45, 7) is 12.5. The highest BCUT2D eigenvalue weighted by atomic mass is 16.5. The Morgan fingerprint density at radius 3 is 2.45 bits per heavy atom. The van der Waals surface area contributed by atoms with Crippen molar-refractivity contribution in [3.63, 3.8) is 0 Å². The van der Waals surface area contributed by atoms with Crippen LogP contribution in [-0.4, -0.2) is 61.1 Å². The van der Waals surface area contributed by atoms with Gasteiger partial charge in [0, 0.05) is 17.7 Å². The normalized spacial score (nSPS) is 22.5. The standard InChI is InChI=1S/C24H35N3O4/c1-7-24(22(28)27(14-16(2)3)23(29)25-24)19-10-12-26(13-11-19)15-18-8-9-20(30-5)17(4)21(18)31-6/h8-9,19H,2,7,10-15H2,1,3-6H3,(H,25,29)/t24-/m1/s1. The number of methoxy groups -OCH3 is 2. The molecule has 0 radical (unpaired) electrons. The number of hydrogen-bond donors (Lipinski definition) is 1. The molecule has 1 atom stereocenters. The molecule has 3 rings (SSSR count). The Morgan fingerprint density at radius 1 is 1.23 bits per heavy atom. The van der Waals surface area contributed by atoms with E-state index in [1.165, 1.54) is 4.90 Å². The number of rotatable bonds is 8. The van der Waals surface area contributed by atoms with Crippen LogP contribution in [-0.2, 0) is 11.3 Å². The summed E-state index contributed by atoms with van der Waals surface area (Å²) in [4.78, 5) is 29.4. The highest BCUT2D eigenvalue weighted by Gasteiger charge is 2.54. The molecule has 1 N–H and O–H groups in total. The van der Waals surface area contributed by atoms with Gasteiger partial charge in [0.15, 0.2) is 0 Å². The topological polar surface area (TPSA) is 71.1 Å². The first-order valence-electron chi connectivity index (χ1n) is 11.0. The summed E-state index contributed by atoms with van der Waals surface area (Å²) in [6.07, 6.45) is 2.32. The van der Waals surface area contributed by atoms with Gasteiger partial charge in [0.2, 0.25) is 0 Å². The van der Waals surface area contributed by atoms with E-state index >= 15 is 0 Å². The molecule has 7 nitrogen and oxygen atoms in total. The lowest BCUT2D eigenvalue weighted by molar-refractivity contribution is -0.134. The molecule has 1 aromatic carbocycles. The molecule has 0 saturated carbocycles. The smallest absolute Gasteiger partial charge is 0.325 e. The number of ether oxygens (including phenoxy) is 2. The number of carbonyl (C=O) groups is 2. The molecule has 7 heteroatoms. The van der Waals surface area contributed by atoms with Gasteiger partial charge < -0.3 is 14.8 Å². The highest BCUT2D eigenvalue weighted by Crippen LogP contribution is 2.38. The van der Waals surface area contributed by atoms with Crippen LogP contribution in [0.15, 0.2) is 24.3 Å². The van der Waals surface area contributed by atoms with Crippen LogP contribution in [0.2, 0.25) is 0 Å². The molecule has 31 heavy (non-hydrogen) atoms. The van der Waals surface area contributed by atoms with Gasteiger partial charge in [0.1, 0.15) is 17.0 Å². The number of nitrogens with zero attached hydrogens (tertiary/aromatic N) is 2. The van der Waals surface area contributed by atoms with E-state index in [2.05, 4.69) is 22.9 Å². The minimum atomic E-state index is -0.799. The van der Waals surface area contributed by atoms with Gasteiger partial charge in [-0.05, 0) is 58.2 Å². The van der Waals surface area contributed by atoms with Crippen molar-refractivity contribution in [3.8, 4) is 11.5 Å². The molecule has 3 amide bonds. The summed E-state index contributed by atoms with van der Waals surface area (Å²) < 4.78 is 11.1. The van der Waals surface area contributed by atoms with Gasteiger partial charge >= 0.3 is 6.03 Å². The van der Waals surface area contributed by atoms with Crippen LogP contribution in [0.25, 0.3) is 0 Å². The highest BCUT2D eigenvalue weighted by molar-refractivity contribution is 6.07. The molecular weight excluding hydrogens is 394 g/mol. The van der Waals surface area contributed by atoms with Gasteiger partial charge in [0.05, 0.1) is 20.8 Å². The Labute approximate surface area is 185 Å². The fraction of sp³-hybridized carbons (Fsp3) is 0.583. The van der Waals surface area contributed by atoms with Crippen LogP contribution in [0.3, 0.4) is 0 Å². The Balaban J connectivity index is 1.69. The predicted molar refractivity (Wildman–Crippen MR) is 120 cm³/mol. The van der Waals surface area contributed by atoms with E-state index in [1.54, 1.807) is 14.2 Å². The van der Waals surface area contributed by atoms with Crippen LogP contribution in [0.4, 0.5) is 4.79 Å². The number of benzene rings is 1. The first kappa shape index (κ1) is 23.1. The van der Waals surface area contributed by atoms with E-state index in [9.17, 15) is 9.59 Å². The van der Waals surface area contributed by atoms with Gasteiger partial charge in [-0.15, -0.1) is 0 Å². The third-order valence-electron chi connectivity index (χ3n) is 6.73. The summed E-state index contributed by atoms with van der Waals surface area (Å²) in [5.74, 6) is 1.70. The lowest BCUT2D eigenvalue weighted by Gasteiger charge is -2.40. The van der Waals surface area contributed by atoms with Crippen molar-refractivity contribution in [1.29, 1.82) is 0 Å². The molecule has 2 aliphatic heterocycles. The zero-order chi connectivity index (χ0) is 22.8. The minimum absolute atomic E-state index is 0.103. The van der Waals surface area contributed by atoms with Gasteiger partial charge in [0.25, 0.3) is 5.91 Å². The van der Waals surface area contributed by atoms with Crippen LogP contribution < -0.4 is 14.8 Å². The van der Waals surface area contributed by atoms with E-state index in [4.69, 9.17) is 9.47 Å². The first-order chi connectivity index (χ1) is 14.8. The Kier molecular flexibility index (Phi) is 6.94. The summed E-state index contributed by atoms with van der Waals surface area (Å²) in [7, 11) is 3.35. The molecule has 2 aliphatic rings. The third-order valence-corrected chi connectivity index (χ3v) is 6.73. The fourth-order valence-corrected chi connectivity index (χ4v) is 5.05. The van der Waals surface area contributed by atoms with Crippen LogP contribution in [0, 0.1) is 12.8 Å². The predicted octanol–water partition coefficient (Wildman–Crippen LogP) is 3.50. The number of amides is 3. The molecule has 2 heterocycles. The van der Waals surface area contributed by atoms with E-state index < -0.39 is 5.54 Å². The summed E-state index contributed by atoms with van der Waals surface area (Å²) in [6, 6.07) is 3.74. The number of likely N-dealkylation sites (tertiary alicyclic amines) is 1. The maximum Gasteiger partial charge on any atom is 0.325 e. The number of hydrogen-bond acceptors (Lipinski definition) is 5. The van der Waals surface area contributed by atoms with Crippen LogP contribution in [0.5, 0.6) is 11.5 Å². The van der Waals surface area contributed by atoms with Gasteiger partial charge in [-0.1, -0.05) is 25.1 Å². The summed E-state index contributed by atoms with van der Waals surface area (Å²) in [5.41, 5.74) is 2.13. The maximum atomic E-state index is 13.2. The van der Waals surface area contributed by atoms with Gasteiger partial charge in [-0.25, -0.2) is 4.79 Å². The maximum absolute atomic E-state index is 13.2. The largest absolute Gasteiger partial charge is 0.496 e. The van der Waals surface area contributed by atoms with E-state index in [0.717, 1.165) is 60.7 Å². The zero-order valence-electron chi connectivity index (χ0n) is 19.4. The average Bonchev–Trinajstić information content (AvgIpc) is 2.99. The molecule has 170 valence electrons. The lowest BCUT2D eigenvalue weighted by Crippen LogP contribution is -2.55. The Morgan fingerprint density at radius 2 is 1.90 bits per heavy atom. The van der Waals surface area contributed by atoms with Crippen molar-refractivity contribution in [2.24, 2.45) is 5.92 Å². The number of urea groups is 1. The number of carbonyl (C=O) groups excluding carboxylic acids is 2. The zero-order valence-corrected chi connectivity index (χ0v) is 19.4. The van der Waals surface area contributed by atoms with Crippen LogP contribution in [0.1, 0.15) is 44.2 Å². The van der Waals surface area contributed by atoms with E-state index in [1.807, 2.05) is 26.8 Å². The van der Waals surface area contributed by atoms with Crippen molar-refractivity contribution in [2.45, 2.75) is 52.1 Å². The number of piperidine rings is 1. The number of nitrogens with one attached hydrogen (secondary N) is 1. The second-order valence-corrected chi connectivity index (χ2v) is 8.74. The third kappa shape index (κ3) is 4.28. The average molecular weight is 430 g/mol. The molecule has 0 aliphatic carbocycles. The van der Waals surface area contributed by atoms with E-state index in [-0.39, 0.29) is 24.4 Å². The molecular formula is C24H35N3O4.